The van der Waals surface area contributed by atoms with Crippen LogP contribution in [0.2, 0.25) is 0 Å². The molecular formula is C19H19N3O. The molecule has 2 heterocycles. The van der Waals surface area contributed by atoms with Crippen LogP contribution in [0.4, 0.5) is 5.69 Å². The fourth-order valence-corrected chi connectivity index (χ4v) is 3.34. The highest BCUT2D eigenvalue weighted by Gasteiger charge is 2.15. The van der Waals surface area contributed by atoms with Crippen LogP contribution in [-0.2, 0) is 0 Å². The zero-order valence-electron chi connectivity index (χ0n) is 13.2. The second-order valence-electron chi connectivity index (χ2n) is 6.13. The van der Waals surface area contributed by atoms with Crippen molar-refractivity contribution >= 4 is 16.6 Å². The summed E-state index contributed by atoms with van der Waals surface area (Å²) in [6.07, 6.45) is 2.53. The number of aryl methyl sites for hydroxylation is 1. The second-order valence-corrected chi connectivity index (χ2v) is 6.13. The van der Waals surface area contributed by atoms with Gasteiger partial charge in [-0.1, -0.05) is 12.1 Å². The summed E-state index contributed by atoms with van der Waals surface area (Å²) in [5.74, 6) is 0.629. The number of aromatic nitrogens is 2. The maximum Gasteiger partial charge on any atom is 0.259 e. The van der Waals surface area contributed by atoms with E-state index in [1.165, 1.54) is 24.1 Å². The van der Waals surface area contributed by atoms with E-state index < -0.39 is 0 Å². The average Bonchev–Trinajstić information content (AvgIpc) is 3.09. The molecule has 1 fully saturated rings. The topological polar surface area (TPSA) is 49.0 Å². The standard InChI is InChI=1S/C19H19N3O/c1-13-12-14(8-9-17(13)22-10-4-5-11-22)18-20-16-7-3-2-6-15(16)19(23)21-18/h2-3,6-9,12H,4-5,10-11H2,1H3,(H,20,21,23). The van der Waals surface area contributed by atoms with Crippen molar-refractivity contribution in [1.29, 1.82) is 0 Å². The maximum atomic E-state index is 12.2. The minimum atomic E-state index is -0.0909. The first kappa shape index (κ1) is 14.0. The molecule has 0 unspecified atom stereocenters. The number of nitrogens with one attached hydrogen (secondary N) is 1. The molecule has 1 aliphatic heterocycles. The molecule has 0 radical (unpaired) electrons. The summed E-state index contributed by atoms with van der Waals surface area (Å²) in [5.41, 5.74) is 4.10. The number of para-hydroxylation sites is 1. The fourth-order valence-electron chi connectivity index (χ4n) is 3.34. The Labute approximate surface area is 134 Å². The van der Waals surface area contributed by atoms with E-state index in [4.69, 9.17) is 0 Å². The van der Waals surface area contributed by atoms with Gasteiger partial charge in [-0.05, 0) is 55.7 Å². The lowest BCUT2D eigenvalue weighted by molar-refractivity contribution is 0.949. The fraction of sp³-hybridized carbons (Fsp3) is 0.263. The van der Waals surface area contributed by atoms with Crippen LogP contribution in [-0.4, -0.2) is 23.1 Å². The van der Waals surface area contributed by atoms with E-state index in [0.717, 1.165) is 24.2 Å². The van der Waals surface area contributed by atoms with Gasteiger partial charge in [0.05, 0.1) is 10.9 Å². The normalized spacial score (nSPS) is 14.6. The van der Waals surface area contributed by atoms with Crippen molar-refractivity contribution < 1.29 is 0 Å². The van der Waals surface area contributed by atoms with Gasteiger partial charge in [0, 0.05) is 24.3 Å². The Bertz CT molecular complexity index is 923. The third-order valence-corrected chi connectivity index (χ3v) is 4.53. The van der Waals surface area contributed by atoms with Crippen molar-refractivity contribution in [3.05, 3.63) is 58.4 Å². The summed E-state index contributed by atoms with van der Waals surface area (Å²) in [6, 6.07) is 13.7. The predicted octanol–water partition coefficient (Wildman–Crippen LogP) is 3.50. The Balaban J connectivity index is 1.78. The third-order valence-electron chi connectivity index (χ3n) is 4.53. The molecule has 1 aliphatic rings. The predicted molar refractivity (Wildman–Crippen MR) is 94.0 cm³/mol. The highest BCUT2D eigenvalue weighted by Crippen LogP contribution is 2.28. The van der Waals surface area contributed by atoms with Crippen LogP contribution < -0.4 is 10.5 Å². The summed E-state index contributed by atoms with van der Waals surface area (Å²) in [7, 11) is 0. The molecule has 0 bridgehead atoms. The molecule has 0 saturated carbocycles. The lowest BCUT2D eigenvalue weighted by Crippen LogP contribution is -2.18. The van der Waals surface area contributed by atoms with Gasteiger partial charge in [0.1, 0.15) is 5.82 Å². The number of H-pyrrole nitrogens is 1. The number of anilines is 1. The summed E-state index contributed by atoms with van der Waals surface area (Å²) < 4.78 is 0. The quantitative estimate of drug-likeness (QED) is 0.788. The van der Waals surface area contributed by atoms with E-state index in [1.807, 2.05) is 24.3 Å². The molecule has 0 atom stereocenters. The Hall–Kier alpha value is -2.62. The zero-order chi connectivity index (χ0) is 15.8. The highest BCUT2D eigenvalue weighted by atomic mass is 16.1. The number of rotatable bonds is 2. The molecule has 1 N–H and O–H groups in total. The van der Waals surface area contributed by atoms with Gasteiger partial charge >= 0.3 is 0 Å². The van der Waals surface area contributed by atoms with Crippen LogP contribution in [0.25, 0.3) is 22.3 Å². The molecule has 0 aliphatic carbocycles. The molecule has 116 valence electrons. The van der Waals surface area contributed by atoms with Crippen LogP contribution in [0.15, 0.2) is 47.3 Å². The molecule has 4 heteroatoms. The van der Waals surface area contributed by atoms with E-state index in [2.05, 4.69) is 33.9 Å². The Morgan fingerprint density at radius 3 is 2.65 bits per heavy atom. The van der Waals surface area contributed by atoms with Crippen molar-refractivity contribution in [1.82, 2.24) is 9.97 Å². The number of nitrogens with zero attached hydrogens (tertiary/aromatic N) is 2. The minimum Gasteiger partial charge on any atom is -0.371 e. The lowest BCUT2D eigenvalue weighted by Gasteiger charge is -2.20. The molecule has 4 nitrogen and oxygen atoms in total. The van der Waals surface area contributed by atoms with E-state index in [1.54, 1.807) is 6.07 Å². The largest absolute Gasteiger partial charge is 0.371 e. The first-order chi connectivity index (χ1) is 11.2. The van der Waals surface area contributed by atoms with Crippen LogP contribution in [0.5, 0.6) is 0 Å². The van der Waals surface area contributed by atoms with Crippen molar-refractivity contribution in [2.75, 3.05) is 18.0 Å². The van der Waals surface area contributed by atoms with Gasteiger partial charge in [-0.15, -0.1) is 0 Å². The summed E-state index contributed by atoms with van der Waals surface area (Å²) in [4.78, 5) is 22.2. The van der Waals surface area contributed by atoms with Crippen LogP contribution in [0.3, 0.4) is 0 Å². The second kappa shape index (κ2) is 5.54. The van der Waals surface area contributed by atoms with Crippen molar-refractivity contribution in [3.8, 4) is 11.4 Å². The highest BCUT2D eigenvalue weighted by molar-refractivity contribution is 5.79. The summed E-state index contributed by atoms with van der Waals surface area (Å²) in [5, 5.41) is 0.627. The number of fused-ring (bicyclic) bond motifs is 1. The zero-order valence-corrected chi connectivity index (χ0v) is 13.2. The molecule has 3 aromatic rings. The van der Waals surface area contributed by atoms with E-state index in [0.29, 0.717) is 11.2 Å². The minimum absolute atomic E-state index is 0.0909. The summed E-state index contributed by atoms with van der Waals surface area (Å²) in [6.45, 7) is 4.38. The van der Waals surface area contributed by atoms with Crippen LogP contribution >= 0.6 is 0 Å². The van der Waals surface area contributed by atoms with Gasteiger partial charge in [-0.2, -0.15) is 0 Å². The molecule has 2 aromatic carbocycles. The number of hydrogen-bond acceptors (Lipinski definition) is 3. The van der Waals surface area contributed by atoms with E-state index in [9.17, 15) is 4.79 Å². The van der Waals surface area contributed by atoms with Crippen molar-refractivity contribution in [2.24, 2.45) is 0 Å². The average molecular weight is 305 g/mol. The van der Waals surface area contributed by atoms with Crippen LogP contribution in [0.1, 0.15) is 18.4 Å². The maximum absolute atomic E-state index is 12.2. The van der Waals surface area contributed by atoms with Crippen molar-refractivity contribution in [3.63, 3.8) is 0 Å². The van der Waals surface area contributed by atoms with E-state index >= 15 is 0 Å². The monoisotopic (exact) mass is 305 g/mol. The Kier molecular flexibility index (Phi) is 3.37. The number of hydrogen-bond donors (Lipinski definition) is 1. The third kappa shape index (κ3) is 2.50. The molecule has 1 saturated heterocycles. The Morgan fingerprint density at radius 2 is 1.87 bits per heavy atom. The molecule has 0 spiro atoms. The lowest BCUT2D eigenvalue weighted by atomic mass is 10.1. The van der Waals surface area contributed by atoms with Crippen molar-refractivity contribution in [2.45, 2.75) is 19.8 Å². The van der Waals surface area contributed by atoms with Gasteiger partial charge in [-0.25, -0.2) is 4.98 Å². The molecule has 0 amide bonds. The smallest absolute Gasteiger partial charge is 0.259 e. The van der Waals surface area contributed by atoms with Gasteiger partial charge in [0.25, 0.3) is 5.56 Å². The molecule has 23 heavy (non-hydrogen) atoms. The van der Waals surface area contributed by atoms with E-state index in [-0.39, 0.29) is 5.56 Å². The number of benzene rings is 2. The van der Waals surface area contributed by atoms with Gasteiger partial charge in [0.2, 0.25) is 0 Å². The number of aromatic amines is 1. The molecular weight excluding hydrogens is 286 g/mol. The van der Waals surface area contributed by atoms with Crippen LogP contribution in [0, 0.1) is 6.92 Å². The first-order valence-electron chi connectivity index (χ1n) is 8.07. The van der Waals surface area contributed by atoms with Gasteiger partial charge in [0.15, 0.2) is 0 Å². The van der Waals surface area contributed by atoms with Gasteiger partial charge in [-0.3, -0.25) is 4.79 Å². The Morgan fingerprint density at radius 1 is 1.09 bits per heavy atom. The van der Waals surface area contributed by atoms with Gasteiger partial charge < -0.3 is 9.88 Å². The molecule has 1 aromatic heterocycles. The summed E-state index contributed by atoms with van der Waals surface area (Å²) >= 11 is 0. The first-order valence-corrected chi connectivity index (χ1v) is 8.07. The molecule has 4 rings (SSSR count). The SMILES string of the molecule is Cc1cc(-c2nc3ccccc3c(=O)[nH]2)ccc1N1CCCC1.